The molecule has 0 radical (unpaired) electrons. The van der Waals surface area contributed by atoms with Gasteiger partial charge in [0.05, 0.1) is 7.11 Å². The van der Waals surface area contributed by atoms with Gasteiger partial charge >= 0.3 is 0 Å². The summed E-state index contributed by atoms with van der Waals surface area (Å²) in [6.07, 6.45) is 0.688. The molecule has 0 heterocycles. The van der Waals surface area contributed by atoms with Crippen LogP contribution in [0.2, 0.25) is 0 Å². The Balaban J connectivity index is 1.85. The summed E-state index contributed by atoms with van der Waals surface area (Å²) in [5.74, 6) is 0.811. The minimum Gasteiger partial charge on any atom is -0.496 e. The second kappa shape index (κ2) is 7.20. The van der Waals surface area contributed by atoms with Gasteiger partial charge in [-0.15, -0.1) is 0 Å². The second-order valence-corrected chi connectivity index (χ2v) is 7.36. The van der Waals surface area contributed by atoms with E-state index in [1.165, 1.54) is 5.56 Å². The van der Waals surface area contributed by atoms with Crippen LogP contribution in [0.4, 0.5) is 5.69 Å². The monoisotopic (exact) mass is 347 g/mol. The molecule has 0 bridgehead atoms. The smallest absolute Gasteiger partial charge is 0.230 e. The summed E-state index contributed by atoms with van der Waals surface area (Å²) in [7, 11) is 1.66. The predicted octanol–water partition coefficient (Wildman–Crippen LogP) is 5.36. The Bertz CT molecular complexity index is 927. The number of anilines is 1. The van der Waals surface area contributed by atoms with E-state index < -0.39 is 5.41 Å². The summed E-state index contributed by atoms with van der Waals surface area (Å²) >= 11 is 0. The molecular weight excluding hydrogens is 322 g/mol. The van der Waals surface area contributed by atoms with Gasteiger partial charge in [0.25, 0.3) is 0 Å². The number of fused-ring (bicyclic) bond motifs is 1. The zero-order valence-corrected chi connectivity index (χ0v) is 15.8. The number of nitrogens with one attached hydrogen (secondary N) is 1. The molecule has 0 atom stereocenters. The van der Waals surface area contributed by atoms with E-state index in [1.807, 2.05) is 50.2 Å². The average molecular weight is 347 g/mol. The summed E-state index contributed by atoms with van der Waals surface area (Å²) in [6, 6.07) is 20.1. The first-order valence-corrected chi connectivity index (χ1v) is 8.83. The zero-order chi connectivity index (χ0) is 18.7. The number of hydrogen-bond donors (Lipinski definition) is 1. The van der Waals surface area contributed by atoms with Crippen molar-refractivity contribution in [3.05, 3.63) is 71.8 Å². The highest BCUT2D eigenvalue weighted by Crippen LogP contribution is 2.33. The van der Waals surface area contributed by atoms with Crippen molar-refractivity contribution >= 4 is 22.4 Å². The van der Waals surface area contributed by atoms with Crippen LogP contribution in [0.15, 0.2) is 60.7 Å². The van der Waals surface area contributed by atoms with Crippen LogP contribution < -0.4 is 10.1 Å². The first kappa shape index (κ1) is 18.0. The topological polar surface area (TPSA) is 38.3 Å². The van der Waals surface area contributed by atoms with Crippen LogP contribution in [0.5, 0.6) is 5.75 Å². The van der Waals surface area contributed by atoms with Gasteiger partial charge in [-0.05, 0) is 31.0 Å². The Labute approximate surface area is 155 Å². The number of hydrogen-bond acceptors (Lipinski definition) is 2. The molecule has 3 rings (SSSR count). The summed E-state index contributed by atoms with van der Waals surface area (Å²) in [5.41, 5.74) is 2.68. The fourth-order valence-electron chi connectivity index (χ4n) is 3.15. The van der Waals surface area contributed by atoms with E-state index in [0.29, 0.717) is 6.42 Å². The van der Waals surface area contributed by atoms with Crippen LogP contribution in [-0.4, -0.2) is 13.0 Å². The average Bonchev–Trinajstić information content (AvgIpc) is 2.63. The second-order valence-electron chi connectivity index (χ2n) is 7.36. The highest BCUT2D eigenvalue weighted by molar-refractivity contribution is 6.05. The lowest BCUT2D eigenvalue weighted by Crippen LogP contribution is -2.32. The lowest BCUT2D eigenvalue weighted by atomic mass is 9.84. The Kier molecular flexibility index (Phi) is 4.99. The van der Waals surface area contributed by atoms with Crippen LogP contribution in [-0.2, 0) is 11.2 Å². The Morgan fingerprint density at radius 2 is 1.62 bits per heavy atom. The van der Waals surface area contributed by atoms with E-state index in [4.69, 9.17) is 4.74 Å². The minimum absolute atomic E-state index is 0.00777. The Hall–Kier alpha value is -2.81. The zero-order valence-electron chi connectivity index (χ0n) is 15.8. The molecule has 3 nitrogen and oxygen atoms in total. The molecular formula is C23H25NO2. The number of amides is 1. The minimum atomic E-state index is -0.518. The summed E-state index contributed by atoms with van der Waals surface area (Å²) < 4.78 is 5.43. The first-order chi connectivity index (χ1) is 12.4. The molecule has 3 aromatic carbocycles. The third-order valence-electron chi connectivity index (χ3n) is 4.73. The quantitative estimate of drug-likeness (QED) is 0.674. The molecule has 0 saturated heterocycles. The standard InChI is InChI=1S/C23H25NO2/c1-16-9-11-17(12-10-16)15-23(2,3)22(25)24-20-13-14-21(26-4)19-8-6-5-7-18(19)20/h5-14H,15H2,1-4H3,(H,24,25). The predicted molar refractivity (Wildman–Crippen MR) is 108 cm³/mol. The van der Waals surface area contributed by atoms with Gasteiger partial charge in [0.15, 0.2) is 0 Å². The molecule has 0 aliphatic rings. The van der Waals surface area contributed by atoms with Crippen LogP contribution in [0.25, 0.3) is 10.8 Å². The Morgan fingerprint density at radius 3 is 2.27 bits per heavy atom. The molecule has 3 heteroatoms. The highest BCUT2D eigenvalue weighted by atomic mass is 16.5. The lowest BCUT2D eigenvalue weighted by molar-refractivity contribution is -0.123. The molecule has 1 N–H and O–H groups in total. The van der Waals surface area contributed by atoms with E-state index in [9.17, 15) is 4.79 Å². The third-order valence-corrected chi connectivity index (χ3v) is 4.73. The van der Waals surface area contributed by atoms with Gasteiger partial charge in [-0.25, -0.2) is 0 Å². The molecule has 0 aliphatic carbocycles. The summed E-state index contributed by atoms with van der Waals surface area (Å²) in [4.78, 5) is 13.0. The molecule has 0 saturated carbocycles. The molecule has 1 amide bonds. The van der Waals surface area contributed by atoms with Crippen molar-refractivity contribution in [1.82, 2.24) is 0 Å². The Morgan fingerprint density at radius 1 is 0.962 bits per heavy atom. The van der Waals surface area contributed by atoms with E-state index in [1.54, 1.807) is 7.11 Å². The number of carbonyl (C=O) groups is 1. The first-order valence-electron chi connectivity index (χ1n) is 8.83. The van der Waals surface area contributed by atoms with Gasteiger partial charge in [0, 0.05) is 21.9 Å². The van der Waals surface area contributed by atoms with Gasteiger partial charge < -0.3 is 10.1 Å². The van der Waals surface area contributed by atoms with Crippen LogP contribution in [0, 0.1) is 12.3 Å². The molecule has 3 aromatic rings. The van der Waals surface area contributed by atoms with Crippen molar-refractivity contribution < 1.29 is 9.53 Å². The van der Waals surface area contributed by atoms with Gasteiger partial charge in [-0.2, -0.15) is 0 Å². The van der Waals surface area contributed by atoms with Crippen LogP contribution in [0.1, 0.15) is 25.0 Å². The largest absolute Gasteiger partial charge is 0.496 e. The molecule has 26 heavy (non-hydrogen) atoms. The molecule has 0 unspecified atom stereocenters. The maximum absolute atomic E-state index is 13.0. The van der Waals surface area contributed by atoms with Gasteiger partial charge in [-0.1, -0.05) is 67.9 Å². The number of benzene rings is 3. The van der Waals surface area contributed by atoms with Crippen molar-refractivity contribution in [2.24, 2.45) is 5.41 Å². The number of aryl methyl sites for hydroxylation is 1. The van der Waals surface area contributed by atoms with Gasteiger partial charge in [-0.3, -0.25) is 4.79 Å². The summed E-state index contributed by atoms with van der Waals surface area (Å²) in [6.45, 7) is 6.03. The van der Waals surface area contributed by atoms with Crippen molar-refractivity contribution in [3.63, 3.8) is 0 Å². The number of carbonyl (C=O) groups excluding carboxylic acids is 1. The fraction of sp³-hybridized carbons (Fsp3) is 0.261. The molecule has 134 valence electrons. The van der Waals surface area contributed by atoms with Crippen molar-refractivity contribution in [2.45, 2.75) is 27.2 Å². The molecule has 0 spiro atoms. The van der Waals surface area contributed by atoms with Crippen molar-refractivity contribution in [1.29, 1.82) is 0 Å². The van der Waals surface area contributed by atoms with Crippen molar-refractivity contribution in [2.75, 3.05) is 12.4 Å². The fourth-order valence-corrected chi connectivity index (χ4v) is 3.15. The van der Waals surface area contributed by atoms with Crippen molar-refractivity contribution in [3.8, 4) is 5.75 Å². The molecule has 0 aromatic heterocycles. The maximum Gasteiger partial charge on any atom is 0.230 e. The van der Waals surface area contributed by atoms with Gasteiger partial charge in [0.1, 0.15) is 5.75 Å². The van der Waals surface area contributed by atoms with E-state index in [2.05, 4.69) is 36.5 Å². The lowest BCUT2D eigenvalue weighted by Gasteiger charge is -2.24. The molecule has 0 aliphatic heterocycles. The molecule has 0 fully saturated rings. The van der Waals surface area contributed by atoms with E-state index in [-0.39, 0.29) is 5.91 Å². The number of rotatable bonds is 5. The van der Waals surface area contributed by atoms with E-state index >= 15 is 0 Å². The summed E-state index contributed by atoms with van der Waals surface area (Å²) in [5, 5.41) is 5.08. The van der Waals surface area contributed by atoms with Crippen LogP contribution in [0.3, 0.4) is 0 Å². The van der Waals surface area contributed by atoms with Crippen LogP contribution >= 0.6 is 0 Å². The third kappa shape index (κ3) is 3.72. The van der Waals surface area contributed by atoms with E-state index in [0.717, 1.165) is 27.8 Å². The normalized spacial score (nSPS) is 11.4. The number of ether oxygens (including phenoxy) is 1. The SMILES string of the molecule is COc1ccc(NC(=O)C(C)(C)Cc2ccc(C)cc2)c2ccccc12. The maximum atomic E-state index is 13.0. The number of methoxy groups -OCH3 is 1. The highest BCUT2D eigenvalue weighted by Gasteiger charge is 2.28. The van der Waals surface area contributed by atoms with Gasteiger partial charge in [0.2, 0.25) is 5.91 Å².